The van der Waals surface area contributed by atoms with Crippen LogP contribution in [0.4, 0.5) is 13.2 Å². The highest BCUT2D eigenvalue weighted by molar-refractivity contribution is 7.18. The lowest BCUT2D eigenvalue weighted by atomic mass is 10.1. The van der Waals surface area contributed by atoms with Gasteiger partial charge in [0.1, 0.15) is 5.71 Å². The van der Waals surface area contributed by atoms with Crippen LogP contribution in [-0.4, -0.2) is 22.8 Å². The molecule has 1 aliphatic heterocycles. The summed E-state index contributed by atoms with van der Waals surface area (Å²) in [5.74, 6) is -3.22. The number of thiophene rings is 1. The molecule has 1 aliphatic rings. The molecule has 1 atom stereocenters. The van der Waals surface area contributed by atoms with Crippen molar-refractivity contribution < 1.29 is 23.1 Å². The number of hydrogen-bond acceptors (Lipinski definition) is 4. The van der Waals surface area contributed by atoms with E-state index in [4.69, 9.17) is 11.6 Å². The molecule has 1 unspecified atom stereocenters. The summed E-state index contributed by atoms with van der Waals surface area (Å²) in [6.07, 6.45) is -5.60. The van der Waals surface area contributed by atoms with Crippen LogP contribution >= 0.6 is 22.9 Å². The van der Waals surface area contributed by atoms with E-state index in [9.17, 15) is 18.3 Å². The van der Waals surface area contributed by atoms with Crippen molar-refractivity contribution in [3.8, 4) is 0 Å². The molecular formula is C8H5ClF3NO2S. The van der Waals surface area contributed by atoms with Crippen LogP contribution in [0.2, 0.25) is 4.34 Å². The molecule has 2 heterocycles. The molecule has 0 radical (unpaired) electrons. The summed E-state index contributed by atoms with van der Waals surface area (Å²) in [4.78, 5) is 4.51. The number of halogens is 4. The SMILES string of the molecule is OC1(C(F)(F)F)CC(c2ccc(Cl)s2)=NO1. The maximum absolute atomic E-state index is 12.4. The van der Waals surface area contributed by atoms with Crippen molar-refractivity contribution in [3.63, 3.8) is 0 Å². The van der Waals surface area contributed by atoms with Crippen LogP contribution in [0.5, 0.6) is 0 Å². The Morgan fingerprint density at radius 2 is 2.19 bits per heavy atom. The van der Waals surface area contributed by atoms with Crippen molar-refractivity contribution >= 4 is 28.6 Å². The van der Waals surface area contributed by atoms with Crippen molar-refractivity contribution in [1.29, 1.82) is 0 Å². The Kier molecular flexibility index (Phi) is 2.64. The molecule has 0 aromatic carbocycles. The summed E-state index contributed by atoms with van der Waals surface area (Å²) in [6.45, 7) is 0. The number of oxime groups is 1. The van der Waals surface area contributed by atoms with E-state index >= 15 is 0 Å². The average Bonchev–Trinajstić information content (AvgIpc) is 2.71. The van der Waals surface area contributed by atoms with Crippen molar-refractivity contribution in [3.05, 3.63) is 21.3 Å². The normalized spacial score (nSPS) is 25.4. The lowest BCUT2D eigenvalue weighted by molar-refractivity contribution is -0.355. The Bertz CT molecular complexity index is 445. The van der Waals surface area contributed by atoms with Crippen LogP contribution in [0.3, 0.4) is 0 Å². The van der Waals surface area contributed by atoms with Gasteiger partial charge in [-0.05, 0) is 12.1 Å². The molecule has 3 nitrogen and oxygen atoms in total. The lowest BCUT2D eigenvalue weighted by Crippen LogP contribution is -2.45. The minimum atomic E-state index is -4.88. The number of nitrogens with zero attached hydrogens (tertiary/aromatic N) is 1. The summed E-state index contributed by atoms with van der Waals surface area (Å²) in [5.41, 5.74) is 0.0386. The van der Waals surface area contributed by atoms with E-state index in [-0.39, 0.29) is 5.71 Å². The Morgan fingerprint density at radius 3 is 2.62 bits per heavy atom. The quantitative estimate of drug-likeness (QED) is 0.853. The van der Waals surface area contributed by atoms with Gasteiger partial charge in [0.15, 0.2) is 0 Å². The zero-order valence-electron chi connectivity index (χ0n) is 7.58. The first-order valence-electron chi connectivity index (χ1n) is 4.12. The number of aliphatic hydroxyl groups is 1. The highest BCUT2D eigenvalue weighted by Crippen LogP contribution is 2.39. The molecule has 0 saturated heterocycles. The van der Waals surface area contributed by atoms with Crippen LogP contribution < -0.4 is 0 Å². The fourth-order valence-corrected chi connectivity index (χ4v) is 2.20. The van der Waals surface area contributed by atoms with Crippen molar-refractivity contribution in [1.82, 2.24) is 0 Å². The highest BCUT2D eigenvalue weighted by atomic mass is 35.5. The molecule has 1 aromatic heterocycles. The summed E-state index contributed by atoms with van der Waals surface area (Å²) in [5, 5.41) is 12.4. The Morgan fingerprint density at radius 1 is 1.50 bits per heavy atom. The average molecular weight is 272 g/mol. The standard InChI is InChI=1S/C8H5ClF3NO2S/c9-6-2-1-5(16-6)4-3-7(14,15-13-4)8(10,11)12/h1-2,14H,3H2. The molecule has 2 rings (SSSR count). The van der Waals surface area contributed by atoms with Gasteiger partial charge in [-0.25, -0.2) is 0 Å². The lowest BCUT2D eigenvalue weighted by Gasteiger charge is -2.22. The topological polar surface area (TPSA) is 41.8 Å². The Balaban J connectivity index is 2.19. The van der Waals surface area contributed by atoms with Crippen LogP contribution in [0, 0.1) is 0 Å². The smallest absolute Gasteiger partial charge is 0.350 e. The third-order valence-corrected chi connectivity index (χ3v) is 3.29. The third kappa shape index (κ3) is 1.90. The molecule has 88 valence electrons. The zero-order chi connectivity index (χ0) is 12.0. The van der Waals surface area contributed by atoms with Gasteiger partial charge < -0.3 is 9.94 Å². The van der Waals surface area contributed by atoms with E-state index in [0.29, 0.717) is 9.21 Å². The van der Waals surface area contributed by atoms with E-state index in [0.717, 1.165) is 11.3 Å². The number of rotatable bonds is 1. The summed E-state index contributed by atoms with van der Waals surface area (Å²) < 4.78 is 37.5. The number of hydrogen-bond donors (Lipinski definition) is 1. The van der Waals surface area contributed by atoms with Crippen LogP contribution in [0.1, 0.15) is 11.3 Å². The molecule has 0 saturated carbocycles. The molecule has 0 fully saturated rings. The van der Waals surface area contributed by atoms with Gasteiger partial charge in [0.25, 0.3) is 0 Å². The molecule has 0 amide bonds. The van der Waals surface area contributed by atoms with Crippen LogP contribution in [-0.2, 0) is 4.84 Å². The second-order valence-corrected chi connectivity index (χ2v) is 4.91. The molecule has 0 aliphatic carbocycles. The monoisotopic (exact) mass is 271 g/mol. The molecule has 0 spiro atoms. The summed E-state index contributed by atoms with van der Waals surface area (Å²) in [7, 11) is 0. The first-order valence-corrected chi connectivity index (χ1v) is 5.31. The van der Waals surface area contributed by atoms with E-state index in [1.165, 1.54) is 12.1 Å². The van der Waals surface area contributed by atoms with Crippen molar-refractivity contribution in [2.45, 2.75) is 18.4 Å². The van der Waals surface area contributed by atoms with Crippen molar-refractivity contribution in [2.75, 3.05) is 0 Å². The maximum atomic E-state index is 12.4. The van der Waals surface area contributed by atoms with Crippen LogP contribution in [0.15, 0.2) is 17.3 Å². The minimum Gasteiger partial charge on any atom is -0.350 e. The maximum Gasteiger partial charge on any atom is 0.458 e. The molecule has 1 N–H and O–H groups in total. The second kappa shape index (κ2) is 3.61. The first-order chi connectivity index (χ1) is 7.32. The van der Waals surface area contributed by atoms with Gasteiger partial charge in [0, 0.05) is 0 Å². The fourth-order valence-electron chi connectivity index (χ4n) is 1.18. The van der Waals surface area contributed by atoms with Gasteiger partial charge in [-0.1, -0.05) is 16.8 Å². The predicted molar refractivity (Wildman–Crippen MR) is 52.6 cm³/mol. The zero-order valence-corrected chi connectivity index (χ0v) is 9.16. The summed E-state index contributed by atoms with van der Waals surface area (Å²) >= 11 is 6.71. The fraction of sp³-hybridized carbons (Fsp3) is 0.375. The van der Waals surface area contributed by atoms with Gasteiger partial charge in [-0.15, -0.1) is 11.3 Å². The molecule has 1 aromatic rings. The molecule has 16 heavy (non-hydrogen) atoms. The van der Waals surface area contributed by atoms with E-state index < -0.39 is 18.4 Å². The van der Waals surface area contributed by atoms with Gasteiger partial charge >= 0.3 is 12.0 Å². The highest BCUT2D eigenvalue weighted by Gasteiger charge is 2.60. The predicted octanol–water partition coefficient (Wildman–Crippen LogP) is 2.78. The Labute approximate surface area is 97.1 Å². The first kappa shape index (κ1) is 11.7. The van der Waals surface area contributed by atoms with Gasteiger partial charge in [0.05, 0.1) is 15.6 Å². The molecule has 8 heteroatoms. The minimum absolute atomic E-state index is 0.0386. The van der Waals surface area contributed by atoms with E-state index in [1.807, 2.05) is 0 Å². The van der Waals surface area contributed by atoms with E-state index in [1.54, 1.807) is 0 Å². The number of alkyl halides is 3. The largest absolute Gasteiger partial charge is 0.458 e. The third-order valence-electron chi connectivity index (χ3n) is 2.01. The van der Waals surface area contributed by atoms with Gasteiger partial charge in [0.2, 0.25) is 0 Å². The molecule has 0 bridgehead atoms. The van der Waals surface area contributed by atoms with Gasteiger partial charge in [-0.2, -0.15) is 13.2 Å². The Hall–Kier alpha value is -0.790. The van der Waals surface area contributed by atoms with Gasteiger partial charge in [-0.3, -0.25) is 0 Å². The van der Waals surface area contributed by atoms with E-state index in [2.05, 4.69) is 9.99 Å². The van der Waals surface area contributed by atoms with Crippen molar-refractivity contribution in [2.24, 2.45) is 5.16 Å². The molecular weight excluding hydrogens is 267 g/mol. The summed E-state index contributed by atoms with van der Waals surface area (Å²) in [6, 6.07) is 3.06. The van der Waals surface area contributed by atoms with Crippen LogP contribution in [0.25, 0.3) is 0 Å². The second-order valence-electron chi connectivity index (χ2n) is 3.19.